The fraction of sp³-hybridized carbons (Fsp3) is 0.217. The van der Waals surface area contributed by atoms with E-state index in [1.807, 2.05) is 35.8 Å². The molecule has 0 unspecified atom stereocenters. The molecule has 3 aromatic rings. The summed E-state index contributed by atoms with van der Waals surface area (Å²) in [7, 11) is 0. The summed E-state index contributed by atoms with van der Waals surface area (Å²) in [6.07, 6.45) is 1.70. The van der Waals surface area contributed by atoms with Gasteiger partial charge in [0.2, 0.25) is 5.91 Å². The molecule has 0 aliphatic carbocycles. The van der Waals surface area contributed by atoms with Gasteiger partial charge in [0.1, 0.15) is 0 Å². The van der Waals surface area contributed by atoms with Crippen LogP contribution in [0.4, 0.5) is 5.69 Å². The second-order valence-electron chi connectivity index (χ2n) is 7.27. The van der Waals surface area contributed by atoms with Crippen molar-refractivity contribution in [1.29, 1.82) is 0 Å². The molecular weight excluding hydrogens is 481 g/mol. The molecule has 0 fully saturated rings. The van der Waals surface area contributed by atoms with Crippen LogP contribution in [0.15, 0.2) is 60.3 Å². The van der Waals surface area contributed by atoms with Gasteiger partial charge < -0.3 is 15.2 Å². The summed E-state index contributed by atoms with van der Waals surface area (Å²) in [5.41, 5.74) is 2.11. The number of amides is 2. The third kappa shape index (κ3) is 6.60. The van der Waals surface area contributed by atoms with Crippen molar-refractivity contribution in [2.45, 2.75) is 31.6 Å². The minimum atomic E-state index is -0.466. The molecule has 0 spiro atoms. The van der Waals surface area contributed by atoms with E-state index in [4.69, 9.17) is 23.2 Å². The Hall–Kier alpha value is -2.81. The highest BCUT2D eigenvalue weighted by molar-refractivity contribution is 7.99. The van der Waals surface area contributed by atoms with Crippen LogP contribution in [0.2, 0.25) is 10.0 Å². The number of allylic oxidation sites excluding steroid dienone is 1. The maximum atomic E-state index is 12.7. The number of thioether (sulfide) groups is 1. The summed E-state index contributed by atoms with van der Waals surface area (Å²) in [5.74, 6) is 0.183. The molecule has 7 nitrogen and oxygen atoms in total. The zero-order valence-corrected chi connectivity index (χ0v) is 20.5. The van der Waals surface area contributed by atoms with Gasteiger partial charge in [-0.1, -0.05) is 53.2 Å². The van der Waals surface area contributed by atoms with Crippen molar-refractivity contribution in [3.63, 3.8) is 0 Å². The number of aromatic nitrogens is 3. The largest absolute Gasteiger partial charge is 0.342 e. The number of halogens is 2. The van der Waals surface area contributed by atoms with Gasteiger partial charge in [-0.05, 0) is 49.7 Å². The lowest BCUT2D eigenvalue weighted by molar-refractivity contribution is -0.113. The number of benzene rings is 2. The molecule has 2 amide bonds. The first-order chi connectivity index (χ1) is 15.8. The van der Waals surface area contributed by atoms with Crippen molar-refractivity contribution < 1.29 is 9.59 Å². The van der Waals surface area contributed by atoms with E-state index in [0.29, 0.717) is 28.1 Å². The molecule has 172 valence electrons. The third-order valence-corrected chi connectivity index (χ3v) is 6.12. The van der Waals surface area contributed by atoms with E-state index in [-0.39, 0.29) is 22.6 Å². The third-order valence-electron chi connectivity index (χ3n) is 4.60. The molecule has 10 heteroatoms. The van der Waals surface area contributed by atoms with Crippen LogP contribution < -0.4 is 10.6 Å². The molecule has 33 heavy (non-hydrogen) atoms. The van der Waals surface area contributed by atoms with Crippen molar-refractivity contribution >= 4 is 52.5 Å². The van der Waals surface area contributed by atoms with Gasteiger partial charge in [0.15, 0.2) is 11.0 Å². The predicted octanol–water partition coefficient (Wildman–Crippen LogP) is 5.30. The SMILES string of the molecule is C=CCn1c(SCC(=O)Nc2cccc(C)c2)nnc1[C@H](C)NC(=O)c1ccc(Cl)cc1Cl. The zero-order chi connectivity index (χ0) is 24.0. The second-order valence-corrected chi connectivity index (χ2v) is 9.05. The van der Waals surface area contributed by atoms with Gasteiger partial charge in [0, 0.05) is 17.3 Å². The van der Waals surface area contributed by atoms with Crippen LogP contribution in [0.1, 0.15) is 34.7 Å². The monoisotopic (exact) mass is 503 g/mol. The molecule has 1 heterocycles. The van der Waals surface area contributed by atoms with Crippen LogP contribution >= 0.6 is 35.0 Å². The first kappa shape index (κ1) is 24.8. The lowest BCUT2D eigenvalue weighted by atomic mass is 10.2. The fourth-order valence-corrected chi connectivity index (χ4v) is 4.34. The van der Waals surface area contributed by atoms with Gasteiger partial charge in [-0.25, -0.2) is 0 Å². The number of carbonyl (C=O) groups is 2. The van der Waals surface area contributed by atoms with Crippen molar-refractivity contribution in [3.8, 4) is 0 Å². The lowest BCUT2D eigenvalue weighted by Crippen LogP contribution is -2.29. The number of hydrogen-bond donors (Lipinski definition) is 2. The van der Waals surface area contributed by atoms with Gasteiger partial charge >= 0.3 is 0 Å². The first-order valence-electron chi connectivity index (χ1n) is 10.1. The van der Waals surface area contributed by atoms with Crippen molar-refractivity contribution in [2.75, 3.05) is 11.1 Å². The summed E-state index contributed by atoms with van der Waals surface area (Å²) in [6, 6.07) is 11.8. The molecular formula is C23H23Cl2N5O2S. The maximum Gasteiger partial charge on any atom is 0.253 e. The number of hydrogen-bond acceptors (Lipinski definition) is 5. The second kappa shape index (κ2) is 11.4. The average Bonchev–Trinajstić information content (AvgIpc) is 3.15. The van der Waals surface area contributed by atoms with E-state index in [1.54, 1.807) is 25.1 Å². The van der Waals surface area contributed by atoms with Crippen LogP contribution in [0.3, 0.4) is 0 Å². The summed E-state index contributed by atoms with van der Waals surface area (Å²) < 4.78 is 1.81. The Balaban J connectivity index is 1.68. The van der Waals surface area contributed by atoms with Gasteiger partial charge in [-0.2, -0.15) is 0 Å². The number of nitrogens with zero attached hydrogens (tertiary/aromatic N) is 3. The van der Waals surface area contributed by atoms with E-state index in [0.717, 1.165) is 11.3 Å². The van der Waals surface area contributed by atoms with Gasteiger partial charge in [-0.3, -0.25) is 9.59 Å². The minimum absolute atomic E-state index is 0.154. The van der Waals surface area contributed by atoms with E-state index < -0.39 is 6.04 Å². The molecule has 1 aromatic heterocycles. The Morgan fingerprint density at radius 2 is 2.00 bits per heavy atom. The van der Waals surface area contributed by atoms with Crippen LogP contribution in [-0.4, -0.2) is 32.3 Å². The highest BCUT2D eigenvalue weighted by Gasteiger charge is 2.21. The predicted molar refractivity (Wildman–Crippen MR) is 133 cm³/mol. The number of rotatable bonds is 9. The molecule has 0 aliphatic heterocycles. The number of aryl methyl sites for hydroxylation is 1. The van der Waals surface area contributed by atoms with Crippen LogP contribution in [0.5, 0.6) is 0 Å². The molecule has 0 radical (unpaired) electrons. The minimum Gasteiger partial charge on any atom is -0.342 e. The van der Waals surface area contributed by atoms with Gasteiger partial charge in [-0.15, -0.1) is 16.8 Å². The number of carbonyl (C=O) groups excluding carboxylic acids is 2. The zero-order valence-electron chi connectivity index (χ0n) is 18.1. The molecule has 3 rings (SSSR count). The van der Waals surface area contributed by atoms with E-state index in [1.165, 1.54) is 17.8 Å². The lowest BCUT2D eigenvalue weighted by Gasteiger charge is -2.16. The average molecular weight is 504 g/mol. The normalized spacial score (nSPS) is 11.6. The Kier molecular flexibility index (Phi) is 8.55. The molecule has 0 saturated carbocycles. The molecule has 1 atom stereocenters. The Morgan fingerprint density at radius 3 is 2.70 bits per heavy atom. The van der Waals surface area contributed by atoms with E-state index in [2.05, 4.69) is 27.4 Å². The smallest absolute Gasteiger partial charge is 0.253 e. The summed E-state index contributed by atoms with van der Waals surface area (Å²) in [4.78, 5) is 25.1. The highest BCUT2D eigenvalue weighted by atomic mass is 35.5. The van der Waals surface area contributed by atoms with Crippen molar-refractivity contribution in [3.05, 3.63) is 82.1 Å². The molecule has 0 aliphatic rings. The fourth-order valence-electron chi connectivity index (χ4n) is 3.09. The first-order valence-corrected chi connectivity index (χ1v) is 11.8. The van der Waals surface area contributed by atoms with Crippen LogP contribution in [0.25, 0.3) is 0 Å². The summed E-state index contributed by atoms with van der Waals surface area (Å²) >= 11 is 13.3. The van der Waals surface area contributed by atoms with Crippen molar-refractivity contribution in [2.24, 2.45) is 0 Å². The standard InChI is InChI=1S/C23H23Cl2N5O2S/c1-4-10-30-21(15(3)26-22(32)18-9-8-16(24)12-19(18)25)28-29-23(30)33-13-20(31)27-17-7-5-6-14(2)11-17/h4-9,11-12,15H,1,10,13H2,2-3H3,(H,26,32)(H,27,31)/t15-/m0/s1. The maximum absolute atomic E-state index is 12.7. The van der Waals surface area contributed by atoms with Gasteiger partial charge in [0.05, 0.1) is 22.4 Å². The van der Waals surface area contributed by atoms with Gasteiger partial charge in [0.25, 0.3) is 5.91 Å². The quantitative estimate of drug-likeness (QED) is 0.305. The Bertz CT molecular complexity index is 1180. The number of anilines is 1. The van der Waals surface area contributed by atoms with E-state index >= 15 is 0 Å². The topological polar surface area (TPSA) is 88.9 Å². The molecule has 0 saturated heterocycles. The molecule has 2 N–H and O–H groups in total. The number of nitrogens with one attached hydrogen (secondary N) is 2. The Morgan fingerprint density at radius 1 is 1.21 bits per heavy atom. The summed E-state index contributed by atoms with van der Waals surface area (Å²) in [6.45, 7) is 7.96. The summed E-state index contributed by atoms with van der Waals surface area (Å²) in [5, 5.41) is 15.5. The molecule has 0 bridgehead atoms. The van der Waals surface area contributed by atoms with E-state index in [9.17, 15) is 9.59 Å². The van der Waals surface area contributed by atoms with Crippen LogP contribution in [0, 0.1) is 6.92 Å². The van der Waals surface area contributed by atoms with Crippen LogP contribution in [-0.2, 0) is 11.3 Å². The highest BCUT2D eigenvalue weighted by Crippen LogP contribution is 2.24. The Labute approximate surface area is 206 Å². The molecule has 2 aromatic carbocycles. The van der Waals surface area contributed by atoms with Crippen molar-refractivity contribution in [1.82, 2.24) is 20.1 Å².